The fourth-order valence-corrected chi connectivity index (χ4v) is 4.16. The highest BCUT2D eigenvalue weighted by Crippen LogP contribution is 2.32. The highest BCUT2D eigenvalue weighted by molar-refractivity contribution is 7.91. The maximum Gasteiger partial charge on any atom is 0.416 e. The summed E-state index contributed by atoms with van der Waals surface area (Å²) in [5, 5.41) is 0. The summed E-state index contributed by atoms with van der Waals surface area (Å²) in [7, 11) is -3.71. The Morgan fingerprint density at radius 1 is 1.24 bits per heavy atom. The Balaban J connectivity index is 2.12. The molecule has 21 heavy (non-hydrogen) atoms. The third kappa shape index (κ3) is 3.97. The van der Waals surface area contributed by atoms with E-state index in [1.165, 1.54) is 6.07 Å². The van der Waals surface area contributed by atoms with Crippen molar-refractivity contribution >= 4 is 9.84 Å². The molecule has 3 nitrogen and oxygen atoms in total. The third-order valence-electron chi connectivity index (χ3n) is 4.00. The van der Waals surface area contributed by atoms with Crippen LogP contribution in [0.3, 0.4) is 0 Å². The normalized spacial score (nSPS) is 23.4. The van der Waals surface area contributed by atoms with Gasteiger partial charge in [-0.25, -0.2) is 8.42 Å². The Labute approximate surface area is 122 Å². The lowest BCUT2D eigenvalue weighted by molar-refractivity contribution is -0.137. The van der Waals surface area contributed by atoms with Crippen LogP contribution < -0.4 is 5.73 Å². The van der Waals surface area contributed by atoms with Crippen LogP contribution in [0.2, 0.25) is 0 Å². The second-order valence-electron chi connectivity index (χ2n) is 5.49. The van der Waals surface area contributed by atoms with E-state index >= 15 is 0 Å². The summed E-state index contributed by atoms with van der Waals surface area (Å²) in [5.74, 6) is -0.0160. The second kappa shape index (κ2) is 5.96. The standard InChI is InChI=1S/C14H18F3NO2S/c15-14(16,17)11-4-2-5-12(9-11)21(19,20)8-7-10-3-1-6-13(10)18/h2,4-5,9-10,13H,1,3,6-8,18H2/t10-,13-/m1/s1. The minimum Gasteiger partial charge on any atom is -0.327 e. The minimum atomic E-state index is -4.54. The van der Waals surface area contributed by atoms with Gasteiger partial charge in [0.05, 0.1) is 16.2 Å². The van der Waals surface area contributed by atoms with Gasteiger partial charge in [-0.1, -0.05) is 12.5 Å². The molecule has 0 spiro atoms. The molecular weight excluding hydrogens is 303 g/mol. The van der Waals surface area contributed by atoms with Gasteiger partial charge in [-0.05, 0) is 43.4 Å². The van der Waals surface area contributed by atoms with Crippen LogP contribution in [0.5, 0.6) is 0 Å². The number of hydrogen-bond donors (Lipinski definition) is 1. The van der Waals surface area contributed by atoms with Crippen molar-refractivity contribution in [3.63, 3.8) is 0 Å². The SMILES string of the molecule is N[C@@H]1CCC[C@@H]1CCS(=O)(=O)c1cccc(C(F)(F)F)c1. The average Bonchev–Trinajstić information content (AvgIpc) is 2.81. The van der Waals surface area contributed by atoms with Crippen molar-refractivity contribution < 1.29 is 21.6 Å². The van der Waals surface area contributed by atoms with E-state index in [0.717, 1.165) is 31.4 Å². The van der Waals surface area contributed by atoms with Crippen molar-refractivity contribution in [2.45, 2.75) is 42.8 Å². The molecule has 0 aliphatic heterocycles. The molecule has 118 valence electrons. The summed E-state index contributed by atoms with van der Waals surface area (Å²) in [4.78, 5) is -0.274. The molecule has 0 aromatic heterocycles. The van der Waals surface area contributed by atoms with Crippen LogP contribution >= 0.6 is 0 Å². The van der Waals surface area contributed by atoms with E-state index in [1.807, 2.05) is 0 Å². The van der Waals surface area contributed by atoms with Gasteiger partial charge in [0, 0.05) is 6.04 Å². The fourth-order valence-electron chi connectivity index (χ4n) is 2.71. The van der Waals surface area contributed by atoms with Crippen LogP contribution in [0.1, 0.15) is 31.2 Å². The molecule has 2 N–H and O–H groups in total. The van der Waals surface area contributed by atoms with E-state index < -0.39 is 21.6 Å². The highest BCUT2D eigenvalue weighted by Gasteiger charge is 2.32. The molecule has 0 bridgehead atoms. The summed E-state index contributed by atoms with van der Waals surface area (Å²) in [6.07, 6.45) is -1.39. The molecular formula is C14H18F3NO2S. The molecule has 1 saturated carbocycles. The Kier molecular flexibility index (Phi) is 4.63. The van der Waals surface area contributed by atoms with Gasteiger partial charge in [-0.2, -0.15) is 13.2 Å². The molecule has 7 heteroatoms. The van der Waals surface area contributed by atoms with Crippen LogP contribution in [0.4, 0.5) is 13.2 Å². The van der Waals surface area contributed by atoms with Gasteiger partial charge in [0.15, 0.2) is 9.84 Å². The van der Waals surface area contributed by atoms with Crippen molar-refractivity contribution in [2.75, 3.05) is 5.75 Å². The van der Waals surface area contributed by atoms with Crippen LogP contribution in [0, 0.1) is 5.92 Å². The first-order chi connectivity index (χ1) is 9.70. The van der Waals surface area contributed by atoms with Crippen molar-refractivity contribution in [3.05, 3.63) is 29.8 Å². The Morgan fingerprint density at radius 3 is 2.52 bits per heavy atom. The minimum absolute atomic E-state index is 0.00158. The number of alkyl halides is 3. The van der Waals surface area contributed by atoms with Crippen molar-refractivity contribution in [1.29, 1.82) is 0 Å². The Morgan fingerprint density at radius 2 is 1.95 bits per heavy atom. The summed E-state index contributed by atoms with van der Waals surface area (Å²) < 4.78 is 62.2. The smallest absolute Gasteiger partial charge is 0.327 e. The summed E-state index contributed by atoms with van der Waals surface area (Å²) in [6.45, 7) is 0. The van der Waals surface area contributed by atoms with E-state index in [2.05, 4.69) is 0 Å². The third-order valence-corrected chi connectivity index (χ3v) is 5.74. The molecule has 0 unspecified atom stereocenters. The van der Waals surface area contributed by atoms with Crippen molar-refractivity contribution in [3.8, 4) is 0 Å². The van der Waals surface area contributed by atoms with Crippen LogP contribution in [0.15, 0.2) is 29.2 Å². The number of nitrogens with two attached hydrogens (primary N) is 1. The van der Waals surface area contributed by atoms with E-state index in [4.69, 9.17) is 5.73 Å². The molecule has 0 heterocycles. The zero-order valence-corrected chi connectivity index (χ0v) is 12.3. The molecule has 1 aromatic rings. The van der Waals surface area contributed by atoms with Crippen LogP contribution in [0.25, 0.3) is 0 Å². The lowest BCUT2D eigenvalue weighted by atomic mass is 10.0. The molecule has 1 aliphatic rings. The molecule has 2 atom stereocenters. The van der Waals surface area contributed by atoms with Gasteiger partial charge in [0.25, 0.3) is 0 Å². The summed E-state index contributed by atoms with van der Waals surface area (Å²) >= 11 is 0. The van der Waals surface area contributed by atoms with Gasteiger partial charge >= 0.3 is 6.18 Å². The largest absolute Gasteiger partial charge is 0.416 e. The van der Waals surface area contributed by atoms with E-state index in [-0.39, 0.29) is 22.6 Å². The van der Waals surface area contributed by atoms with E-state index in [0.29, 0.717) is 12.5 Å². The molecule has 1 fully saturated rings. The second-order valence-corrected chi connectivity index (χ2v) is 7.60. The maximum absolute atomic E-state index is 12.6. The Hall–Kier alpha value is -1.08. The summed E-state index contributed by atoms with van der Waals surface area (Å²) in [6, 6.07) is 3.90. The maximum atomic E-state index is 12.6. The first-order valence-corrected chi connectivity index (χ1v) is 8.51. The quantitative estimate of drug-likeness (QED) is 0.927. The van der Waals surface area contributed by atoms with Gasteiger partial charge in [0.1, 0.15) is 0 Å². The first kappa shape index (κ1) is 16.3. The van der Waals surface area contributed by atoms with Crippen molar-refractivity contribution in [2.24, 2.45) is 11.7 Å². The number of hydrogen-bond acceptors (Lipinski definition) is 3. The molecule has 2 rings (SSSR count). The van der Waals surface area contributed by atoms with Crippen molar-refractivity contribution in [1.82, 2.24) is 0 Å². The molecule has 0 radical (unpaired) electrons. The average molecular weight is 321 g/mol. The molecule has 1 aliphatic carbocycles. The van der Waals surface area contributed by atoms with Gasteiger partial charge in [-0.15, -0.1) is 0 Å². The number of rotatable bonds is 4. The first-order valence-electron chi connectivity index (χ1n) is 6.86. The van der Waals surface area contributed by atoms with Gasteiger partial charge < -0.3 is 5.73 Å². The lowest BCUT2D eigenvalue weighted by Gasteiger charge is -2.15. The van der Waals surface area contributed by atoms with E-state index in [9.17, 15) is 21.6 Å². The highest BCUT2D eigenvalue weighted by atomic mass is 32.2. The Bertz CT molecular complexity index is 598. The number of sulfone groups is 1. The molecule has 1 aromatic carbocycles. The van der Waals surface area contributed by atoms with Crippen LogP contribution in [-0.4, -0.2) is 20.2 Å². The fraction of sp³-hybridized carbons (Fsp3) is 0.571. The van der Waals surface area contributed by atoms with Crippen LogP contribution in [-0.2, 0) is 16.0 Å². The van der Waals surface area contributed by atoms with Gasteiger partial charge in [-0.3, -0.25) is 0 Å². The summed E-state index contributed by atoms with van der Waals surface area (Å²) in [5.41, 5.74) is 4.94. The molecule has 0 saturated heterocycles. The predicted molar refractivity (Wildman–Crippen MR) is 73.4 cm³/mol. The zero-order chi connectivity index (χ0) is 15.7. The predicted octanol–water partition coefficient (Wildman–Crippen LogP) is 3.00. The van der Waals surface area contributed by atoms with Gasteiger partial charge in [0.2, 0.25) is 0 Å². The molecule has 0 amide bonds. The number of benzene rings is 1. The lowest BCUT2D eigenvalue weighted by Crippen LogP contribution is -2.26. The number of halogens is 3. The van der Waals surface area contributed by atoms with E-state index in [1.54, 1.807) is 0 Å². The topological polar surface area (TPSA) is 60.2 Å². The zero-order valence-electron chi connectivity index (χ0n) is 11.4. The monoisotopic (exact) mass is 321 g/mol.